The van der Waals surface area contributed by atoms with E-state index in [1.54, 1.807) is 6.07 Å². The Morgan fingerprint density at radius 3 is 2.57 bits per heavy atom. The summed E-state index contributed by atoms with van der Waals surface area (Å²) in [5.41, 5.74) is -1.35. The van der Waals surface area contributed by atoms with Gasteiger partial charge in [0, 0.05) is 0 Å². The van der Waals surface area contributed by atoms with Crippen LogP contribution in [0.1, 0.15) is 32.9 Å². The minimum Gasteiger partial charge on any atom is -0.477 e. The molecule has 0 saturated heterocycles. The Kier molecular flexibility index (Phi) is 4.41. The first-order valence-electron chi connectivity index (χ1n) is 6.16. The summed E-state index contributed by atoms with van der Waals surface area (Å²) in [5, 5.41) is 17.5. The normalized spacial score (nSPS) is 11.4. The van der Waals surface area contributed by atoms with Crippen LogP contribution in [0.2, 0.25) is 0 Å². The molecule has 1 N–H and O–H groups in total. The lowest BCUT2D eigenvalue weighted by atomic mass is 10.0. The fourth-order valence-electron chi connectivity index (χ4n) is 1.77. The first-order chi connectivity index (χ1) is 10.8. The monoisotopic (exact) mass is 319 g/mol. The van der Waals surface area contributed by atoms with E-state index < -0.39 is 17.7 Å². The maximum atomic E-state index is 13.0. The third-order valence-electron chi connectivity index (χ3n) is 2.83. The fraction of sp³-hybridized carbons (Fsp3) is 0.0667. The van der Waals surface area contributed by atoms with Crippen LogP contribution in [0, 0.1) is 11.3 Å². The molecule has 1 aromatic heterocycles. The van der Waals surface area contributed by atoms with Crippen molar-refractivity contribution >= 4 is 18.1 Å². The van der Waals surface area contributed by atoms with Gasteiger partial charge < -0.3 is 5.11 Å². The second-order valence-corrected chi connectivity index (χ2v) is 4.38. The molecule has 0 aliphatic carbocycles. The summed E-state index contributed by atoms with van der Waals surface area (Å²) in [6.45, 7) is 0. The highest BCUT2D eigenvalue weighted by molar-refractivity contribution is 5.86. The maximum Gasteiger partial charge on any atom is 0.417 e. The van der Waals surface area contributed by atoms with E-state index in [0.29, 0.717) is 0 Å². The number of aromatic carboxylic acids is 1. The number of aromatic nitrogens is 2. The lowest BCUT2D eigenvalue weighted by molar-refractivity contribution is -0.137. The summed E-state index contributed by atoms with van der Waals surface area (Å²) in [6, 6.07) is 5.96. The highest BCUT2D eigenvalue weighted by atomic mass is 19.4. The van der Waals surface area contributed by atoms with Gasteiger partial charge in [0.2, 0.25) is 0 Å². The van der Waals surface area contributed by atoms with Crippen LogP contribution in [0.4, 0.5) is 13.2 Å². The van der Waals surface area contributed by atoms with Gasteiger partial charge in [-0.25, -0.2) is 14.8 Å². The van der Waals surface area contributed by atoms with Crippen LogP contribution >= 0.6 is 0 Å². The molecule has 0 aliphatic rings. The van der Waals surface area contributed by atoms with Crippen LogP contribution in [-0.2, 0) is 6.18 Å². The van der Waals surface area contributed by atoms with E-state index in [9.17, 15) is 18.0 Å². The summed E-state index contributed by atoms with van der Waals surface area (Å²) in [7, 11) is 0. The van der Waals surface area contributed by atoms with Gasteiger partial charge in [0.1, 0.15) is 6.33 Å². The molecule has 0 atom stereocenters. The number of hydrogen-bond donors (Lipinski definition) is 1. The molecule has 2 aromatic rings. The Balaban J connectivity index is 2.42. The second kappa shape index (κ2) is 6.27. The third-order valence-corrected chi connectivity index (χ3v) is 2.83. The van der Waals surface area contributed by atoms with Crippen molar-refractivity contribution in [1.29, 1.82) is 5.26 Å². The van der Waals surface area contributed by atoms with E-state index >= 15 is 0 Å². The number of nitrogens with zero attached hydrogens (tertiary/aromatic N) is 3. The van der Waals surface area contributed by atoms with E-state index in [-0.39, 0.29) is 22.5 Å². The molecule has 1 aromatic carbocycles. The summed E-state index contributed by atoms with van der Waals surface area (Å²) in [6.07, 6.45) is -1.22. The average Bonchev–Trinajstić information content (AvgIpc) is 2.52. The summed E-state index contributed by atoms with van der Waals surface area (Å²) >= 11 is 0. The van der Waals surface area contributed by atoms with Crippen LogP contribution < -0.4 is 0 Å². The highest BCUT2D eigenvalue weighted by Crippen LogP contribution is 2.33. The smallest absolute Gasteiger partial charge is 0.417 e. The van der Waals surface area contributed by atoms with E-state index in [0.717, 1.165) is 30.6 Å². The van der Waals surface area contributed by atoms with Crippen molar-refractivity contribution in [1.82, 2.24) is 9.97 Å². The van der Waals surface area contributed by atoms with Crippen molar-refractivity contribution in [3.63, 3.8) is 0 Å². The topological polar surface area (TPSA) is 86.9 Å². The maximum absolute atomic E-state index is 13.0. The number of halogens is 3. The molecule has 0 bridgehead atoms. The van der Waals surface area contributed by atoms with Crippen LogP contribution in [0.15, 0.2) is 30.6 Å². The predicted molar refractivity (Wildman–Crippen MR) is 74.1 cm³/mol. The molecule has 0 unspecified atom stereocenters. The summed E-state index contributed by atoms with van der Waals surface area (Å²) in [5.74, 6) is -1.27. The molecule has 0 spiro atoms. The van der Waals surface area contributed by atoms with Gasteiger partial charge in [-0.2, -0.15) is 18.4 Å². The molecular formula is C15H8F3N3O2. The first-order valence-corrected chi connectivity index (χ1v) is 6.16. The van der Waals surface area contributed by atoms with Crippen molar-refractivity contribution < 1.29 is 23.1 Å². The number of carboxylic acids is 1. The van der Waals surface area contributed by atoms with Gasteiger partial charge in [0.25, 0.3) is 0 Å². The third kappa shape index (κ3) is 3.91. The largest absolute Gasteiger partial charge is 0.477 e. The summed E-state index contributed by atoms with van der Waals surface area (Å²) < 4.78 is 39.0. The molecule has 8 heteroatoms. The van der Waals surface area contributed by atoms with Crippen molar-refractivity contribution in [2.45, 2.75) is 6.18 Å². The van der Waals surface area contributed by atoms with Gasteiger partial charge in [0.05, 0.1) is 22.9 Å². The number of rotatable bonds is 3. The Hall–Kier alpha value is -3.21. The number of hydrogen-bond acceptors (Lipinski definition) is 4. The van der Waals surface area contributed by atoms with Gasteiger partial charge in [-0.1, -0.05) is 12.1 Å². The molecule has 0 saturated carbocycles. The number of carbonyl (C=O) groups is 1. The number of benzene rings is 1. The molecule has 0 amide bonds. The SMILES string of the molecule is N#Cc1ccc(/C=C/c2cc(C(=O)O)ncn2)c(C(F)(F)F)c1. The molecule has 2 rings (SSSR count). The average molecular weight is 319 g/mol. The van der Waals surface area contributed by atoms with Gasteiger partial charge >= 0.3 is 12.1 Å². The van der Waals surface area contributed by atoms with Gasteiger partial charge in [-0.3, -0.25) is 0 Å². The van der Waals surface area contributed by atoms with Crippen LogP contribution in [-0.4, -0.2) is 21.0 Å². The number of carboxylic acid groups (broad SMARTS) is 1. The molecular weight excluding hydrogens is 311 g/mol. The van der Waals surface area contributed by atoms with Crippen LogP contribution in [0.5, 0.6) is 0 Å². The van der Waals surface area contributed by atoms with Crippen LogP contribution in [0.25, 0.3) is 12.2 Å². The zero-order valence-corrected chi connectivity index (χ0v) is 11.4. The number of nitriles is 1. The van der Waals surface area contributed by atoms with Gasteiger partial charge in [-0.15, -0.1) is 0 Å². The van der Waals surface area contributed by atoms with Crippen molar-refractivity contribution in [3.8, 4) is 6.07 Å². The Labute approximate surface area is 128 Å². The molecule has 1 heterocycles. The van der Waals surface area contributed by atoms with Crippen LogP contribution in [0.3, 0.4) is 0 Å². The molecule has 5 nitrogen and oxygen atoms in total. The van der Waals surface area contributed by atoms with Crippen molar-refractivity contribution in [2.24, 2.45) is 0 Å². The minimum absolute atomic E-state index is 0.107. The van der Waals surface area contributed by atoms with Crippen molar-refractivity contribution in [2.75, 3.05) is 0 Å². The molecule has 0 fully saturated rings. The van der Waals surface area contributed by atoms with Gasteiger partial charge in [-0.05, 0) is 29.8 Å². The van der Waals surface area contributed by atoms with E-state index in [1.807, 2.05) is 0 Å². The Bertz CT molecular complexity index is 823. The second-order valence-electron chi connectivity index (χ2n) is 4.38. The van der Waals surface area contributed by atoms with Gasteiger partial charge in [0.15, 0.2) is 5.69 Å². The quantitative estimate of drug-likeness (QED) is 0.938. The first kappa shape index (κ1) is 16.2. The lowest BCUT2D eigenvalue weighted by Gasteiger charge is -2.10. The predicted octanol–water partition coefficient (Wildman–Crippen LogP) is 3.24. The Morgan fingerprint density at radius 2 is 1.96 bits per heavy atom. The lowest BCUT2D eigenvalue weighted by Crippen LogP contribution is -2.07. The Morgan fingerprint density at radius 1 is 1.22 bits per heavy atom. The number of alkyl halides is 3. The molecule has 116 valence electrons. The molecule has 23 heavy (non-hydrogen) atoms. The fourth-order valence-corrected chi connectivity index (χ4v) is 1.77. The summed E-state index contributed by atoms with van der Waals surface area (Å²) in [4.78, 5) is 18.1. The van der Waals surface area contributed by atoms with E-state index in [1.165, 1.54) is 12.1 Å². The molecule has 0 aliphatic heterocycles. The molecule has 0 radical (unpaired) electrons. The standard InChI is InChI=1S/C15H8F3N3O2/c16-15(17,18)12-5-9(7-19)1-2-10(12)3-4-11-6-13(14(22)23)21-8-20-11/h1-6,8H,(H,22,23)/b4-3+. The van der Waals surface area contributed by atoms with Crippen molar-refractivity contribution in [3.05, 3.63) is 58.7 Å². The zero-order valence-electron chi connectivity index (χ0n) is 11.4. The minimum atomic E-state index is -4.62. The zero-order chi connectivity index (χ0) is 17.0. The van der Waals surface area contributed by atoms with E-state index in [2.05, 4.69) is 9.97 Å². The highest BCUT2D eigenvalue weighted by Gasteiger charge is 2.33. The van der Waals surface area contributed by atoms with E-state index in [4.69, 9.17) is 10.4 Å².